The SMILES string of the molecule is CCCCCCCCc1ccc(OCCOCCOCCOCCOCCOCCOCCOCCOCCOCCOCCO[Si](C)(C)C)cc1. The van der Waals surface area contributed by atoms with Gasteiger partial charge in [0.25, 0.3) is 0 Å². The van der Waals surface area contributed by atoms with Crippen LogP contribution in [0.3, 0.4) is 0 Å². The monoisotopic (exact) mass is 762 g/mol. The van der Waals surface area contributed by atoms with Gasteiger partial charge in [-0.3, -0.25) is 0 Å². The molecular formula is C39H74O12Si. The Morgan fingerprint density at radius 2 is 0.673 bits per heavy atom. The van der Waals surface area contributed by atoms with Crippen LogP contribution in [0.15, 0.2) is 24.3 Å². The zero-order valence-electron chi connectivity index (χ0n) is 33.2. The van der Waals surface area contributed by atoms with E-state index < -0.39 is 8.32 Å². The van der Waals surface area contributed by atoms with Crippen LogP contribution >= 0.6 is 0 Å². The average Bonchev–Trinajstić information content (AvgIpc) is 3.13. The molecule has 0 unspecified atom stereocenters. The molecule has 52 heavy (non-hydrogen) atoms. The molecule has 0 bridgehead atoms. The van der Waals surface area contributed by atoms with E-state index in [1.807, 2.05) is 0 Å². The minimum atomic E-state index is -1.45. The maximum atomic E-state index is 5.78. The molecule has 0 spiro atoms. The van der Waals surface area contributed by atoms with E-state index in [4.69, 9.17) is 56.5 Å². The third-order valence-corrected chi connectivity index (χ3v) is 8.42. The van der Waals surface area contributed by atoms with E-state index in [0.717, 1.165) is 12.2 Å². The van der Waals surface area contributed by atoms with Crippen molar-refractivity contribution in [2.45, 2.75) is 71.5 Å². The summed E-state index contributed by atoms with van der Waals surface area (Å²) < 4.78 is 66.6. The molecule has 0 aromatic heterocycles. The van der Waals surface area contributed by atoms with Crippen molar-refractivity contribution in [1.82, 2.24) is 0 Å². The van der Waals surface area contributed by atoms with Crippen molar-refractivity contribution in [3.8, 4) is 5.75 Å². The first-order valence-corrected chi connectivity index (χ1v) is 23.0. The van der Waals surface area contributed by atoms with Gasteiger partial charge in [-0.2, -0.15) is 0 Å². The first kappa shape index (κ1) is 48.8. The van der Waals surface area contributed by atoms with Crippen LogP contribution in [0.4, 0.5) is 0 Å². The largest absolute Gasteiger partial charge is 0.491 e. The zero-order chi connectivity index (χ0) is 37.5. The van der Waals surface area contributed by atoms with E-state index >= 15 is 0 Å². The Kier molecular flexibility index (Phi) is 35.8. The van der Waals surface area contributed by atoms with Crippen molar-refractivity contribution in [2.75, 3.05) is 145 Å². The van der Waals surface area contributed by atoms with Crippen LogP contribution in [0, 0.1) is 0 Å². The molecule has 0 saturated carbocycles. The van der Waals surface area contributed by atoms with Gasteiger partial charge in [0, 0.05) is 0 Å². The topological polar surface area (TPSA) is 111 Å². The molecule has 0 radical (unpaired) electrons. The Balaban J connectivity index is 1.68. The Morgan fingerprint density at radius 3 is 1.02 bits per heavy atom. The smallest absolute Gasteiger partial charge is 0.183 e. The minimum absolute atomic E-state index is 0.515. The van der Waals surface area contributed by atoms with Gasteiger partial charge in [-0.15, -0.1) is 0 Å². The molecule has 1 aromatic carbocycles. The zero-order valence-corrected chi connectivity index (χ0v) is 34.2. The third-order valence-electron chi connectivity index (χ3n) is 7.35. The summed E-state index contributed by atoms with van der Waals surface area (Å²) in [7, 11) is -1.45. The van der Waals surface area contributed by atoms with Crippen molar-refractivity contribution in [3.63, 3.8) is 0 Å². The van der Waals surface area contributed by atoms with Crippen LogP contribution in [0.2, 0.25) is 19.6 Å². The lowest BCUT2D eigenvalue weighted by Gasteiger charge is -2.16. The number of rotatable bonds is 42. The molecule has 0 amide bonds. The molecule has 0 fully saturated rings. The summed E-state index contributed by atoms with van der Waals surface area (Å²) in [4.78, 5) is 0. The van der Waals surface area contributed by atoms with Gasteiger partial charge in [-0.05, 0) is 50.2 Å². The fraction of sp³-hybridized carbons (Fsp3) is 0.846. The predicted molar refractivity (Wildman–Crippen MR) is 207 cm³/mol. The Labute approximate surface area is 316 Å². The molecule has 0 heterocycles. The molecule has 0 saturated heterocycles. The van der Waals surface area contributed by atoms with Gasteiger partial charge in [0.05, 0.1) is 139 Å². The van der Waals surface area contributed by atoms with Gasteiger partial charge in [0.1, 0.15) is 12.4 Å². The van der Waals surface area contributed by atoms with Crippen molar-refractivity contribution in [3.05, 3.63) is 29.8 Å². The lowest BCUT2D eigenvalue weighted by Crippen LogP contribution is -2.27. The van der Waals surface area contributed by atoms with Gasteiger partial charge in [0.15, 0.2) is 8.32 Å². The number of hydrogen-bond acceptors (Lipinski definition) is 12. The normalized spacial score (nSPS) is 11.8. The van der Waals surface area contributed by atoms with Crippen molar-refractivity contribution < 1.29 is 56.5 Å². The maximum Gasteiger partial charge on any atom is 0.183 e. The molecule has 1 rings (SSSR count). The van der Waals surface area contributed by atoms with E-state index in [2.05, 4.69) is 50.8 Å². The standard InChI is InChI=1S/C39H74O12Si/c1-5-6-7-8-9-10-11-38-12-14-39(15-13-38)50-36-34-48-32-30-46-28-26-44-24-22-42-20-18-40-16-17-41-19-21-43-23-25-45-27-29-47-31-33-49-35-37-51-52(2,3)4/h12-15H,5-11,16-37H2,1-4H3. The quantitative estimate of drug-likeness (QED) is 0.0577. The van der Waals surface area contributed by atoms with Gasteiger partial charge in [-0.25, -0.2) is 0 Å². The highest BCUT2D eigenvalue weighted by atomic mass is 28.4. The highest BCUT2D eigenvalue weighted by Gasteiger charge is 2.13. The van der Waals surface area contributed by atoms with Crippen LogP contribution in [0.5, 0.6) is 5.75 Å². The van der Waals surface area contributed by atoms with Crippen LogP contribution in [-0.2, 0) is 58.2 Å². The number of ether oxygens (including phenoxy) is 11. The summed E-state index contributed by atoms with van der Waals surface area (Å²) >= 11 is 0. The lowest BCUT2D eigenvalue weighted by molar-refractivity contribution is -0.0270. The summed E-state index contributed by atoms with van der Waals surface area (Å²) in [5.74, 6) is 0.886. The number of aryl methyl sites for hydroxylation is 1. The first-order chi connectivity index (χ1) is 25.5. The van der Waals surface area contributed by atoms with E-state index in [-0.39, 0.29) is 0 Å². The third kappa shape index (κ3) is 37.1. The van der Waals surface area contributed by atoms with E-state index in [0.29, 0.717) is 145 Å². The Morgan fingerprint density at radius 1 is 0.365 bits per heavy atom. The van der Waals surface area contributed by atoms with Gasteiger partial charge < -0.3 is 56.5 Å². The fourth-order valence-corrected chi connectivity index (χ4v) is 5.26. The molecule has 0 aliphatic heterocycles. The highest BCUT2D eigenvalue weighted by Crippen LogP contribution is 2.15. The summed E-state index contributed by atoms with van der Waals surface area (Å²) in [5, 5.41) is 0. The van der Waals surface area contributed by atoms with Gasteiger partial charge in [-0.1, -0.05) is 51.2 Å². The van der Waals surface area contributed by atoms with Crippen LogP contribution < -0.4 is 4.74 Å². The van der Waals surface area contributed by atoms with Crippen LogP contribution in [-0.4, -0.2) is 154 Å². The van der Waals surface area contributed by atoms with Crippen LogP contribution in [0.25, 0.3) is 0 Å². The van der Waals surface area contributed by atoms with Crippen molar-refractivity contribution in [2.24, 2.45) is 0 Å². The summed E-state index contributed by atoms with van der Waals surface area (Å²) in [6.45, 7) is 20.5. The molecule has 0 aliphatic carbocycles. The molecule has 306 valence electrons. The fourth-order valence-electron chi connectivity index (χ4n) is 4.57. The number of benzene rings is 1. The van der Waals surface area contributed by atoms with E-state index in [1.165, 1.54) is 44.1 Å². The van der Waals surface area contributed by atoms with E-state index in [1.54, 1.807) is 0 Å². The van der Waals surface area contributed by atoms with Crippen molar-refractivity contribution in [1.29, 1.82) is 0 Å². The molecule has 0 atom stereocenters. The molecular weight excluding hydrogens is 689 g/mol. The summed E-state index contributed by atoms with van der Waals surface area (Å²) in [6.07, 6.45) is 9.09. The van der Waals surface area contributed by atoms with Crippen LogP contribution in [0.1, 0.15) is 51.0 Å². The highest BCUT2D eigenvalue weighted by molar-refractivity contribution is 6.69. The molecule has 13 heteroatoms. The van der Waals surface area contributed by atoms with Gasteiger partial charge in [0.2, 0.25) is 0 Å². The Bertz CT molecular complexity index is 844. The van der Waals surface area contributed by atoms with E-state index in [9.17, 15) is 0 Å². The summed E-state index contributed by atoms with van der Waals surface area (Å²) in [6, 6.07) is 8.44. The maximum absolute atomic E-state index is 5.78. The average molecular weight is 763 g/mol. The molecule has 0 N–H and O–H groups in total. The minimum Gasteiger partial charge on any atom is -0.491 e. The first-order valence-electron chi connectivity index (χ1n) is 19.6. The lowest BCUT2D eigenvalue weighted by atomic mass is 10.0. The molecule has 0 aliphatic rings. The second-order valence-electron chi connectivity index (χ2n) is 13.1. The predicted octanol–water partition coefficient (Wildman–Crippen LogP) is 5.99. The van der Waals surface area contributed by atoms with Gasteiger partial charge >= 0.3 is 0 Å². The molecule has 1 aromatic rings. The second kappa shape index (κ2) is 38.1. The Hall–Kier alpha value is -1.20. The molecule has 12 nitrogen and oxygen atoms in total. The van der Waals surface area contributed by atoms with Crippen molar-refractivity contribution >= 4 is 8.32 Å². The second-order valence-corrected chi connectivity index (χ2v) is 17.6. The number of hydrogen-bond donors (Lipinski definition) is 0. The summed E-state index contributed by atoms with van der Waals surface area (Å²) in [5.41, 5.74) is 1.38. The number of unbranched alkanes of at least 4 members (excludes halogenated alkanes) is 5.